The standard InChI is InChI=1S/C14H21N/c1-11-4-7-14(8-5-11)9-6-12(2)10-13(3)15/h4-5,7-8,12,15H,6,9-10H2,1-3H3. The molecule has 0 amide bonds. The number of aryl methyl sites for hydroxylation is 2. The van der Waals surface area contributed by atoms with Gasteiger partial charge in [-0.25, -0.2) is 0 Å². The molecule has 0 aliphatic heterocycles. The van der Waals surface area contributed by atoms with Gasteiger partial charge in [0.25, 0.3) is 0 Å². The molecule has 0 saturated carbocycles. The van der Waals surface area contributed by atoms with Crippen LogP contribution in [0.5, 0.6) is 0 Å². The first kappa shape index (κ1) is 12.0. The lowest BCUT2D eigenvalue weighted by Crippen LogP contribution is -2.02. The van der Waals surface area contributed by atoms with Crippen LogP contribution in [0.4, 0.5) is 0 Å². The van der Waals surface area contributed by atoms with Crippen LogP contribution < -0.4 is 0 Å². The summed E-state index contributed by atoms with van der Waals surface area (Å²) in [5.41, 5.74) is 3.53. The number of hydrogen-bond acceptors (Lipinski definition) is 1. The van der Waals surface area contributed by atoms with Crippen LogP contribution in [0.2, 0.25) is 0 Å². The molecule has 1 heteroatoms. The molecule has 0 aliphatic rings. The SMILES string of the molecule is CC(=N)CC(C)CCc1ccc(C)cc1. The van der Waals surface area contributed by atoms with Gasteiger partial charge in [-0.2, -0.15) is 0 Å². The van der Waals surface area contributed by atoms with Crippen LogP contribution in [0.3, 0.4) is 0 Å². The van der Waals surface area contributed by atoms with Crippen molar-refractivity contribution in [1.29, 1.82) is 5.41 Å². The molecule has 0 saturated heterocycles. The second-order valence-corrected chi connectivity index (χ2v) is 4.61. The Balaban J connectivity index is 2.36. The van der Waals surface area contributed by atoms with Gasteiger partial charge in [-0.3, -0.25) is 0 Å². The fraction of sp³-hybridized carbons (Fsp3) is 0.500. The highest BCUT2D eigenvalue weighted by molar-refractivity contribution is 5.78. The highest BCUT2D eigenvalue weighted by Crippen LogP contribution is 2.13. The van der Waals surface area contributed by atoms with Crippen molar-refractivity contribution in [2.75, 3.05) is 0 Å². The van der Waals surface area contributed by atoms with E-state index >= 15 is 0 Å². The molecule has 1 rings (SSSR count). The summed E-state index contributed by atoms with van der Waals surface area (Å²) in [5.74, 6) is 0.629. The first-order valence-corrected chi connectivity index (χ1v) is 5.67. The minimum Gasteiger partial charge on any atom is -0.310 e. The predicted molar refractivity (Wildman–Crippen MR) is 66.7 cm³/mol. The average Bonchev–Trinajstić information content (AvgIpc) is 2.16. The zero-order valence-electron chi connectivity index (χ0n) is 10.0. The Morgan fingerprint density at radius 2 is 1.87 bits per heavy atom. The van der Waals surface area contributed by atoms with Crippen molar-refractivity contribution in [3.8, 4) is 0 Å². The maximum absolute atomic E-state index is 7.44. The first-order chi connectivity index (χ1) is 7.08. The van der Waals surface area contributed by atoms with Gasteiger partial charge >= 0.3 is 0 Å². The molecule has 82 valence electrons. The molecule has 0 aromatic heterocycles. The number of benzene rings is 1. The summed E-state index contributed by atoms with van der Waals surface area (Å²) in [6, 6.07) is 8.75. The van der Waals surface area contributed by atoms with Crippen molar-refractivity contribution in [2.24, 2.45) is 5.92 Å². The molecule has 1 N–H and O–H groups in total. The third-order valence-electron chi connectivity index (χ3n) is 2.70. The van der Waals surface area contributed by atoms with Crippen LogP contribution in [0, 0.1) is 18.3 Å². The molecule has 1 nitrogen and oxygen atoms in total. The highest BCUT2D eigenvalue weighted by atomic mass is 14.4. The van der Waals surface area contributed by atoms with Crippen LogP contribution in [-0.4, -0.2) is 5.71 Å². The predicted octanol–water partition coefficient (Wildman–Crippen LogP) is 3.99. The summed E-state index contributed by atoms with van der Waals surface area (Å²) in [6.45, 7) is 6.24. The van der Waals surface area contributed by atoms with Crippen LogP contribution >= 0.6 is 0 Å². The summed E-state index contributed by atoms with van der Waals surface area (Å²) < 4.78 is 0. The quantitative estimate of drug-likeness (QED) is 0.700. The fourth-order valence-electron chi connectivity index (χ4n) is 1.79. The van der Waals surface area contributed by atoms with Gasteiger partial charge in [-0.15, -0.1) is 0 Å². The van der Waals surface area contributed by atoms with E-state index in [1.165, 1.54) is 17.5 Å². The van der Waals surface area contributed by atoms with E-state index in [0.717, 1.165) is 18.6 Å². The van der Waals surface area contributed by atoms with Crippen molar-refractivity contribution >= 4 is 5.71 Å². The van der Waals surface area contributed by atoms with Gasteiger partial charge in [0.1, 0.15) is 0 Å². The van der Waals surface area contributed by atoms with Gasteiger partial charge < -0.3 is 5.41 Å². The van der Waals surface area contributed by atoms with E-state index in [-0.39, 0.29) is 0 Å². The molecule has 0 aliphatic carbocycles. The summed E-state index contributed by atoms with van der Waals surface area (Å²) in [6.07, 6.45) is 3.25. The largest absolute Gasteiger partial charge is 0.310 e. The molecular formula is C14H21N. The Bertz CT molecular complexity index is 311. The fourth-order valence-corrected chi connectivity index (χ4v) is 1.79. The monoisotopic (exact) mass is 203 g/mol. The van der Waals surface area contributed by atoms with Crippen LogP contribution in [0.15, 0.2) is 24.3 Å². The second-order valence-electron chi connectivity index (χ2n) is 4.61. The lowest BCUT2D eigenvalue weighted by Gasteiger charge is -2.10. The van der Waals surface area contributed by atoms with E-state index < -0.39 is 0 Å². The van der Waals surface area contributed by atoms with Gasteiger partial charge in [-0.1, -0.05) is 36.8 Å². The second kappa shape index (κ2) is 5.69. The third kappa shape index (κ3) is 4.78. The minimum atomic E-state index is 0.629. The lowest BCUT2D eigenvalue weighted by atomic mass is 9.96. The molecule has 1 aromatic rings. The molecule has 1 aromatic carbocycles. The van der Waals surface area contributed by atoms with E-state index in [1.54, 1.807) is 0 Å². The molecule has 0 spiro atoms. The van der Waals surface area contributed by atoms with Crippen molar-refractivity contribution in [1.82, 2.24) is 0 Å². The molecule has 0 fully saturated rings. The van der Waals surface area contributed by atoms with E-state index in [2.05, 4.69) is 38.1 Å². The van der Waals surface area contributed by atoms with E-state index in [9.17, 15) is 0 Å². The Kier molecular flexibility index (Phi) is 4.54. The minimum absolute atomic E-state index is 0.629. The summed E-state index contributed by atoms with van der Waals surface area (Å²) >= 11 is 0. The smallest absolute Gasteiger partial charge is 0.00608 e. The number of nitrogens with one attached hydrogen (secondary N) is 1. The first-order valence-electron chi connectivity index (χ1n) is 5.67. The van der Waals surface area contributed by atoms with Gasteiger partial charge in [0.2, 0.25) is 0 Å². The lowest BCUT2D eigenvalue weighted by molar-refractivity contribution is 0.552. The van der Waals surface area contributed by atoms with Crippen molar-refractivity contribution < 1.29 is 0 Å². The van der Waals surface area contributed by atoms with Crippen LogP contribution in [0.25, 0.3) is 0 Å². The van der Waals surface area contributed by atoms with Crippen LogP contribution in [0.1, 0.15) is 37.8 Å². The Labute approximate surface area is 93.0 Å². The highest BCUT2D eigenvalue weighted by Gasteiger charge is 2.03. The van der Waals surface area contributed by atoms with Gasteiger partial charge in [-0.05, 0) is 44.6 Å². The molecule has 0 heterocycles. The Hall–Kier alpha value is -1.11. The van der Waals surface area contributed by atoms with E-state index in [1.807, 2.05) is 6.92 Å². The van der Waals surface area contributed by atoms with Crippen molar-refractivity contribution in [2.45, 2.75) is 40.0 Å². The zero-order chi connectivity index (χ0) is 11.3. The molecule has 15 heavy (non-hydrogen) atoms. The Morgan fingerprint density at radius 1 is 1.27 bits per heavy atom. The third-order valence-corrected chi connectivity index (χ3v) is 2.70. The molecular weight excluding hydrogens is 182 g/mol. The van der Waals surface area contributed by atoms with Gasteiger partial charge in [0.05, 0.1) is 0 Å². The summed E-state index contributed by atoms with van der Waals surface area (Å²) in [7, 11) is 0. The van der Waals surface area contributed by atoms with Gasteiger partial charge in [0, 0.05) is 5.71 Å². The molecule has 0 radical (unpaired) electrons. The number of hydrogen-bond donors (Lipinski definition) is 1. The summed E-state index contributed by atoms with van der Waals surface area (Å²) in [5, 5.41) is 7.44. The van der Waals surface area contributed by atoms with Crippen LogP contribution in [-0.2, 0) is 6.42 Å². The van der Waals surface area contributed by atoms with Crippen molar-refractivity contribution in [3.05, 3.63) is 35.4 Å². The topological polar surface area (TPSA) is 23.9 Å². The zero-order valence-corrected chi connectivity index (χ0v) is 10.0. The molecule has 1 unspecified atom stereocenters. The van der Waals surface area contributed by atoms with E-state index in [4.69, 9.17) is 5.41 Å². The molecule has 0 bridgehead atoms. The number of rotatable bonds is 5. The molecule has 1 atom stereocenters. The summed E-state index contributed by atoms with van der Waals surface area (Å²) in [4.78, 5) is 0. The maximum Gasteiger partial charge on any atom is 0.00608 e. The van der Waals surface area contributed by atoms with Crippen molar-refractivity contribution in [3.63, 3.8) is 0 Å². The Morgan fingerprint density at radius 3 is 2.40 bits per heavy atom. The average molecular weight is 203 g/mol. The van der Waals surface area contributed by atoms with Gasteiger partial charge in [0.15, 0.2) is 0 Å². The normalized spacial score (nSPS) is 12.5. The maximum atomic E-state index is 7.44. The van der Waals surface area contributed by atoms with E-state index in [0.29, 0.717) is 5.92 Å².